The number of nitrogens with one attached hydrogen (secondary N) is 2. The smallest absolute Gasteiger partial charge is 0.338 e. The standard InChI is InChI=1S/C21H21ClN4O2/c1-2-28-20(27)16-5-9-18(10-6-16)25-19-12-14-24-21(26-19)23-13-11-15-3-7-17(22)8-4-15/h3-10,12,14H,2,11,13H2,1H3,(H2,23,24,25,26). The minimum atomic E-state index is -0.330. The van der Waals surface area contributed by atoms with Crippen molar-refractivity contribution in [2.45, 2.75) is 13.3 Å². The summed E-state index contributed by atoms with van der Waals surface area (Å²) in [5.41, 5.74) is 2.52. The van der Waals surface area contributed by atoms with Crippen LogP contribution in [0.1, 0.15) is 22.8 Å². The van der Waals surface area contributed by atoms with Crippen molar-refractivity contribution in [3.63, 3.8) is 0 Å². The van der Waals surface area contributed by atoms with E-state index in [0.717, 1.165) is 17.1 Å². The molecule has 1 heterocycles. The number of esters is 1. The molecule has 7 heteroatoms. The molecule has 3 rings (SSSR count). The van der Waals surface area contributed by atoms with E-state index >= 15 is 0 Å². The summed E-state index contributed by atoms with van der Waals surface area (Å²) in [4.78, 5) is 20.4. The minimum Gasteiger partial charge on any atom is -0.462 e. The lowest BCUT2D eigenvalue weighted by molar-refractivity contribution is 0.0526. The number of hydrogen-bond acceptors (Lipinski definition) is 6. The highest BCUT2D eigenvalue weighted by atomic mass is 35.5. The number of rotatable bonds is 8. The van der Waals surface area contributed by atoms with Gasteiger partial charge in [-0.3, -0.25) is 0 Å². The van der Waals surface area contributed by atoms with Crippen molar-refractivity contribution in [1.29, 1.82) is 0 Å². The molecular formula is C21H21ClN4O2. The fourth-order valence-corrected chi connectivity index (χ4v) is 2.66. The molecule has 0 amide bonds. The van der Waals surface area contributed by atoms with Crippen LogP contribution in [-0.2, 0) is 11.2 Å². The van der Waals surface area contributed by atoms with Crippen LogP contribution in [0.2, 0.25) is 5.02 Å². The van der Waals surface area contributed by atoms with Gasteiger partial charge in [-0.1, -0.05) is 23.7 Å². The van der Waals surface area contributed by atoms with E-state index in [4.69, 9.17) is 16.3 Å². The maximum Gasteiger partial charge on any atom is 0.338 e. The number of nitrogens with zero attached hydrogens (tertiary/aromatic N) is 2. The number of benzene rings is 2. The van der Waals surface area contributed by atoms with Gasteiger partial charge in [0, 0.05) is 23.5 Å². The third kappa shape index (κ3) is 5.69. The summed E-state index contributed by atoms with van der Waals surface area (Å²) in [5, 5.41) is 7.15. The van der Waals surface area contributed by atoms with Gasteiger partial charge in [-0.25, -0.2) is 9.78 Å². The van der Waals surface area contributed by atoms with E-state index < -0.39 is 0 Å². The second-order valence-corrected chi connectivity index (χ2v) is 6.43. The lowest BCUT2D eigenvalue weighted by Gasteiger charge is -2.09. The van der Waals surface area contributed by atoms with Gasteiger partial charge in [-0.2, -0.15) is 4.98 Å². The molecule has 0 radical (unpaired) electrons. The second-order valence-electron chi connectivity index (χ2n) is 5.99. The lowest BCUT2D eigenvalue weighted by Crippen LogP contribution is -2.08. The fraction of sp³-hybridized carbons (Fsp3) is 0.190. The van der Waals surface area contributed by atoms with E-state index in [2.05, 4.69) is 20.6 Å². The Hall–Kier alpha value is -3.12. The molecule has 3 aromatic rings. The van der Waals surface area contributed by atoms with E-state index in [0.29, 0.717) is 30.5 Å². The Bertz CT molecular complexity index is 914. The van der Waals surface area contributed by atoms with E-state index in [1.165, 1.54) is 5.56 Å². The molecule has 0 bridgehead atoms. The SMILES string of the molecule is CCOC(=O)c1ccc(Nc2ccnc(NCCc3ccc(Cl)cc3)n2)cc1. The first-order chi connectivity index (χ1) is 13.6. The number of ether oxygens (including phenoxy) is 1. The number of carbonyl (C=O) groups is 1. The minimum absolute atomic E-state index is 0.330. The number of aromatic nitrogens is 2. The summed E-state index contributed by atoms with van der Waals surface area (Å²) in [6, 6.07) is 16.6. The highest BCUT2D eigenvalue weighted by Gasteiger charge is 2.06. The zero-order valence-electron chi connectivity index (χ0n) is 15.5. The molecule has 0 atom stereocenters. The summed E-state index contributed by atoms with van der Waals surface area (Å²) in [6.07, 6.45) is 2.53. The van der Waals surface area contributed by atoms with Crippen LogP contribution in [0, 0.1) is 0 Å². The Labute approximate surface area is 168 Å². The third-order valence-corrected chi connectivity index (χ3v) is 4.19. The van der Waals surface area contributed by atoms with Crippen LogP contribution in [0.5, 0.6) is 0 Å². The highest BCUT2D eigenvalue weighted by molar-refractivity contribution is 6.30. The summed E-state index contributed by atoms with van der Waals surface area (Å²) in [7, 11) is 0. The molecule has 28 heavy (non-hydrogen) atoms. The highest BCUT2D eigenvalue weighted by Crippen LogP contribution is 2.17. The Morgan fingerprint density at radius 1 is 1.07 bits per heavy atom. The molecule has 0 spiro atoms. The van der Waals surface area contributed by atoms with Gasteiger partial charge in [0.1, 0.15) is 5.82 Å². The summed E-state index contributed by atoms with van der Waals surface area (Å²) < 4.78 is 4.98. The van der Waals surface area contributed by atoms with Gasteiger partial charge in [-0.05, 0) is 61.4 Å². The molecule has 0 fully saturated rings. The van der Waals surface area contributed by atoms with E-state index in [1.54, 1.807) is 31.3 Å². The quantitative estimate of drug-likeness (QED) is 0.537. The zero-order chi connectivity index (χ0) is 19.8. The molecule has 0 saturated heterocycles. The van der Waals surface area contributed by atoms with E-state index in [-0.39, 0.29) is 5.97 Å². The Morgan fingerprint density at radius 3 is 2.54 bits per heavy atom. The second kappa shape index (κ2) is 9.71. The van der Waals surface area contributed by atoms with Crippen LogP contribution < -0.4 is 10.6 Å². The first-order valence-corrected chi connectivity index (χ1v) is 9.37. The number of hydrogen-bond donors (Lipinski definition) is 2. The molecule has 0 saturated carbocycles. The summed E-state index contributed by atoms with van der Waals surface area (Å²) in [5.74, 6) is 0.873. The van der Waals surface area contributed by atoms with Crippen molar-refractivity contribution >= 4 is 35.0 Å². The van der Waals surface area contributed by atoms with Gasteiger partial charge in [0.05, 0.1) is 12.2 Å². The topological polar surface area (TPSA) is 76.1 Å². The van der Waals surface area contributed by atoms with Crippen molar-refractivity contribution in [3.8, 4) is 0 Å². The van der Waals surface area contributed by atoms with Crippen LogP contribution in [0.3, 0.4) is 0 Å². The first kappa shape index (κ1) is 19.6. The van der Waals surface area contributed by atoms with Crippen molar-refractivity contribution in [1.82, 2.24) is 9.97 Å². The maximum atomic E-state index is 11.7. The lowest BCUT2D eigenvalue weighted by atomic mass is 10.1. The van der Waals surface area contributed by atoms with Crippen molar-refractivity contribution in [2.75, 3.05) is 23.8 Å². The van der Waals surface area contributed by atoms with Crippen molar-refractivity contribution < 1.29 is 9.53 Å². The first-order valence-electron chi connectivity index (χ1n) is 8.99. The van der Waals surface area contributed by atoms with Crippen LogP contribution in [0.4, 0.5) is 17.5 Å². The summed E-state index contributed by atoms with van der Waals surface area (Å²) >= 11 is 5.90. The number of carbonyl (C=O) groups excluding carboxylic acids is 1. The normalized spacial score (nSPS) is 10.4. The molecule has 144 valence electrons. The predicted molar refractivity (Wildman–Crippen MR) is 111 cm³/mol. The summed E-state index contributed by atoms with van der Waals surface area (Å²) in [6.45, 7) is 2.84. The predicted octanol–water partition coefficient (Wildman–Crippen LogP) is 4.70. The number of halogens is 1. The van der Waals surface area contributed by atoms with Gasteiger partial charge in [0.15, 0.2) is 0 Å². The molecule has 6 nitrogen and oxygen atoms in total. The molecule has 0 aliphatic heterocycles. The van der Waals surface area contributed by atoms with Gasteiger partial charge < -0.3 is 15.4 Å². The van der Waals surface area contributed by atoms with Crippen LogP contribution >= 0.6 is 11.6 Å². The van der Waals surface area contributed by atoms with E-state index in [1.807, 2.05) is 36.4 Å². The van der Waals surface area contributed by atoms with Gasteiger partial charge >= 0.3 is 5.97 Å². The van der Waals surface area contributed by atoms with Crippen LogP contribution in [-0.4, -0.2) is 29.1 Å². The molecule has 0 unspecified atom stereocenters. The maximum absolute atomic E-state index is 11.7. The van der Waals surface area contributed by atoms with Gasteiger partial charge in [0.2, 0.25) is 5.95 Å². The monoisotopic (exact) mass is 396 g/mol. The van der Waals surface area contributed by atoms with Gasteiger partial charge in [-0.15, -0.1) is 0 Å². The van der Waals surface area contributed by atoms with Gasteiger partial charge in [0.25, 0.3) is 0 Å². The molecular weight excluding hydrogens is 376 g/mol. The van der Waals surface area contributed by atoms with Crippen LogP contribution in [0.25, 0.3) is 0 Å². The Kier molecular flexibility index (Phi) is 6.81. The molecule has 2 N–H and O–H groups in total. The largest absolute Gasteiger partial charge is 0.462 e. The number of anilines is 3. The van der Waals surface area contributed by atoms with Crippen LogP contribution in [0.15, 0.2) is 60.8 Å². The fourth-order valence-electron chi connectivity index (χ4n) is 2.54. The molecule has 0 aliphatic rings. The zero-order valence-corrected chi connectivity index (χ0v) is 16.2. The average Bonchev–Trinajstić information content (AvgIpc) is 2.71. The average molecular weight is 397 g/mol. The Balaban J connectivity index is 1.55. The molecule has 2 aromatic carbocycles. The molecule has 1 aromatic heterocycles. The van der Waals surface area contributed by atoms with Crippen molar-refractivity contribution in [2.24, 2.45) is 0 Å². The third-order valence-electron chi connectivity index (χ3n) is 3.93. The Morgan fingerprint density at radius 2 is 1.82 bits per heavy atom. The molecule has 0 aliphatic carbocycles. The van der Waals surface area contributed by atoms with Crippen molar-refractivity contribution in [3.05, 3.63) is 76.9 Å². The van der Waals surface area contributed by atoms with E-state index in [9.17, 15) is 4.79 Å².